The molecule has 0 aliphatic carbocycles. The Kier molecular flexibility index (Phi) is 4.10. The molecule has 1 aliphatic heterocycles. The first kappa shape index (κ1) is 13.7. The third kappa shape index (κ3) is 2.90. The molecule has 102 valence electrons. The average Bonchev–Trinajstić information content (AvgIpc) is 2.48. The van der Waals surface area contributed by atoms with Crippen molar-refractivity contribution in [3.8, 4) is 0 Å². The molecule has 0 saturated carbocycles. The van der Waals surface area contributed by atoms with Crippen LogP contribution in [0, 0.1) is 0 Å². The Labute approximate surface area is 130 Å². The van der Waals surface area contributed by atoms with Crippen LogP contribution in [0.15, 0.2) is 64.2 Å². The van der Waals surface area contributed by atoms with Crippen LogP contribution in [0.25, 0.3) is 0 Å². The van der Waals surface area contributed by atoms with Gasteiger partial charge in [-0.3, -0.25) is 0 Å². The van der Waals surface area contributed by atoms with Crippen molar-refractivity contribution >= 4 is 38.4 Å². The minimum Gasteiger partial charge on any atom is -0.371 e. The molecule has 0 amide bonds. The van der Waals surface area contributed by atoms with Gasteiger partial charge >= 0.3 is 0 Å². The van der Waals surface area contributed by atoms with Gasteiger partial charge in [-0.1, -0.05) is 58.0 Å². The second-order valence-corrected chi connectivity index (χ2v) is 6.31. The van der Waals surface area contributed by atoms with E-state index in [1.54, 1.807) is 16.8 Å². The van der Waals surface area contributed by atoms with E-state index in [-0.39, 0.29) is 0 Å². The number of hydrazone groups is 1. The maximum Gasteiger partial charge on any atom is 0.157 e. The van der Waals surface area contributed by atoms with Crippen molar-refractivity contribution in [2.75, 3.05) is 10.8 Å². The van der Waals surface area contributed by atoms with Gasteiger partial charge in [-0.05, 0) is 24.3 Å². The summed E-state index contributed by atoms with van der Waals surface area (Å²) in [6.45, 7) is 0. The van der Waals surface area contributed by atoms with Gasteiger partial charge in [0, 0.05) is 15.8 Å². The molecule has 0 spiro atoms. The molecule has 1 aliphatic rings. The van der Waals surface area contributed by atoms with Gasteiger partial charge in [0.15, 0.2) is 6.23 Å². The minimum atomic E-state index is -0.599. The van der Waals surface area contributed by atoms with Crippen LogP contribution in [0.5, 0.6) is 0 Å². The lowest BCUT2D eigenvalue weighted by molar-refractivity contribution is 0.193. The first-order chi connectivity index (χ1) is 9.74. The lowest BCUT2D eigenvalue weighted by atomic mass is 10.2. The normalized spacial score (nSPS) is 18.8. The monoisotopic (exact) mass is 348 g/mol. The summed E-state index contributed by atoms with van der Waals surface area (Å²) in [6, 6.07) is 17.8. The summed E-state index contributed by atoms with van der Waals surface area (Å²) in [5.74, 6) is 0.597. The van der Waals surface area contributed by atoms with Crippen molar-refractivity contribution in [1.29, 1.82) is 0 Å². The molecular formula is C15H13BrN2OS. The van der Waals surface area contributed by atoms with Gasteiger partial charge < -0.3 is 5.11 Å². The van der Waals surface area contributed by atoms with Crippen LogP contribution in [0.4, 0.5) is 5.69 Å². The average molecular weight is 349 g/mol. The number of para-hydroxylation sites is 1. The van der Waals surface area contributed by atoms with E-state index in [9.17, 15) is 5.11 Å². The number of aliphatic hydroxyl groups excluding tert-OH is 1. The molecule has 1 atom stereocenters. The second kappa shape index (κ2) is 5.99. The van der Waals surface area contributed by atoms with E-state index in [4.69, 9.17) is 0 Å². The lowest BCUT2D eigenvalue weighted by Crippen LogP contribution is -2.37. The number of nitrogens with zero attached hydrogens (tertiary/aromatic N) is 2. The highest BCUT2D eigenvalue weighted by Crippen LogP contribution is 2.27. The molecule has 1 unspecified atom stereocenters. The quantitative estimate of drug-likeness (QED) is 0.898. The fraction of sp³-hybridized carbons (Fsp3) is 0.133. The topological polar surface area (TPSA) is 35.8 Å². The summed E-state index contributed by atoms with van der Waals surface area (Å²) < 4.78 is 1.02. The van der Waals surface area contributed by atoms with E-state index in [0.29, 0.717) is 5.75 Å². The van der Waals surface area contributed by atoms with E-state index < -0.39 is 6.23 Å². The molecule has 20 heavy (non-hydrogen) atoms. The number of anilines is 1. The van der Waals surface area contributed by atoms with Gasteiger partial charge in [0.05, 0.1) is 5.69 Å². The number of benzene rings is 2. The predicted molar refractivity (Wildman–Crippen MR) is 88.1 cm³/mol. The molecule has 0 radical (unpaired) electrons. The summed E-state index contributed by atoms with van der Waals surface area (Å²) in [4.78, 5) is 0. The molecule has 0 fully saturated rings. The van der Waals surface area contributed by atoms with Gasteiger partial charge in [-0.2, -0.15) is 5.10 Å². The van der Waals surface area contributed by atoms with Crippen LogP contribution in [-0.4, -0.2) is 22.1 Å². The lowest BCUT2D eigenvalue weighted by Gasteiger charge is -2.29. The van der Waals surface area contributed by atoms with E-state index in [0.717, 1.165) is 20.8 Å². The van der Waals surface area contributed by atoms with Crippen molar-refractivity contribution < 1.29 is 5.11 Å². The summed E-state index contributed by atoms with van der Waals surface area (Å²) in [5, 5.41) is 17.3. The van der Waals surface area contributed by atoms with Crippen molar-refractivity contribution in [2.45, 2.75) is 6.23 Å². The van der Waals surface area contributed by atoms with Crippen LogP contribution in [-0.2, 0) is 0 Å². The highest BCUT2D eigenvalue weighted by Gasteiger charge is 2.23. The SMILES string of the molecule is OC1CSC(c2cccc(Br)c2)=NN1c1ccccc1. The van der Waals surface area contributed by atoms with Gasteiger partial charge in [-0.15, -0.1) is 0 Å². The number of rotatable bonds is 2. The maximum absolute atomic E-state index is 10.1. The van der Waals surface area contributed by atoms with Gasteiger partial charge in [0.2, 0.25) is 0 Å². The molecule has 0 aromatic heterocycles. The van der Waals surface area contributed by atoms with Gasteiger partial charge in [0.1, 0.15) is 5.04 Å². The van der Waals surface area contributed by atoms with E-state index >= 15 is 0 Å². The Morgan fingerprint density at radius 3 is 2.70 bits per heavy atom. The third-order valence-electron chi connectivity index (χ3n) is 2.94. The molecule has 3 nitrogen and oxygen atoms in total. The van der Waals surface area contributed by atoms with Crippen molar-refractivity contribution in [3.05, 3.63) is 64.6 Å². The van der Waals surface area contributed by atoms with Crippen LogP contribution in [0.2, 0.25) is 0 Å². The highest BCUT2D eigenvalue weighted by atomic mass is 79.9. The molecule has 5 heteroatoms. The Bertz CT molecular complexity index is 633. The van der Waals surface area contributed by atoms with Crippen molar-refractivity contribution in [3.63, 3.8) is 0 Å². The van der Waals surface area contributed by atoms with E-state index in [1.165, 1.54) is 0 Å². The van der Waals surface area contributed by atoms with Crippen molar-refractivity contribution in [2.24, 2.45) is 5.10 Å². The molecule has 2 aromatic carbocycles. The molecular weight excluding hydrogens is 336 g/mol. The smallest absolute Gasteiger partial charge is 0.157 e. The molecule has 0 bridgehead atoms. The molecule has 1 heterocycles. The number of halogens is 1. The van der Waals surface area contributed by atoms with Crippen LogP contribution in [0.1, 0.15) is 5.56 Å². The number of thioether (sulfide) groups is 1. The van der Waals surface area contributed by atoms with E-state index in [1.807, 2.05) is 54.6 Å². The third-order valence-corrected chi connectivity index (χ3v) is 4.49. The van der Waals surface area contributed by atoms with Crippen molar-refractivity contribution in [1.82, 2.24) is 0 Å². The zero-order chi connectivity index (χ0) is 13.9. The summed E-state index contributed by atoms with van der Waals surface area (Å²) >= 11 is 5.04. The maximum atomic E-state index is 10.1. The first-order valence-corrected chi connectivity index (χ1v) is 8.01. The standard InChI is InChI=1S/C15H13BrN2OS/c16-12-6-4-5-11(9-12)15-17-18(14(19)10-20-15)13-7-2-1-3-8-13/h1-9,14,19H,10H2. The second-order valence-electron chi connectivity index (χ2n) is 4.39. The fourth-order valence-corrected chi connectivity index (χ4v) is 3.28. The largest absolute Gasteiger partial charge is 0.371 e. The molecule has 0 saturated heterocycles. The molecule has 1 N–H and O–H groups in total. The molecule has 2 aromatic rings. The zero-order valence-electron chi connectivity index (χ0n) is 10.6. The highest BCUT2D eigenvalue weighted by molar-refractivity contribution is 9.10. The van der Waals surface area contributed by atoms with E-state index in [2.05, 4.69) is 21.0 Å². The zero-order valence-corrected chi connectivity index (χ0v) is 13.0. The number of hydrogen-bond donors (Lipinski definition) is 1. The Morgan fingerprint density at radius 1 is 1.15 bits per heavy atom. The Morgan fingerprint density at radius 2 is 1.95 bits per heavy atom. The Balaban J connectivity index is 1.97. The Hall–Kier alpha value is -1.30. The number of aliphatic hydroxyl groups is 1. The first-order valence-electron chi connectivity index (χ1n) is 6.24. The van der Waals surface area contributed by atoms with Crippen LogP contribution < -0.4 is 5.01 Å². The fourth-order valence-electron chi connectivity index (χ4n) is 1.99. The minimum absolute atomic E-state index is 0.597. The number of hydrogen-bond acceptors (Lipinski definition) is 4. The predicted octanol–water partition coefficient (Wildman–Crippen LogP) is 3.68. The summed E-state index contributed by atoms with van der Waals surface area (Å²) in [5.41, 5.74) is 1.95. The van der Waals surface area contributed by atoms with Gasteiger partial charge in [0.25, 0.3) is 0 Å². The van der Waals surface area contributed by atoms with Crippen LogP contribution >= 0.6 is 27.7 Å². The van der Waals surface area contributed by atoms with Crippen LogP contribution in [0.3, 0.4) is 0 Å². The molecule has 3 rings (SSSR count). The van der Waals surface area contributed by atoms with Gasteiger partial charge in [-0.25, -0.2) is 5.01 Å². The summed E-state index contributed by atoms with van der Waals surface area (Å²) in [6.07, 6.45) is -0.599. The summed E-state index contributed by atoms with van der Waals surface area (Å²) in [7, 11) is 0.